The van der Waals surface area contributed by atoms with Gasteiger partial charge in [-0.15, -0.1) is 0 Å². The van der Waals surface area contributed by atoms with E-state index in [0.717, 1.165) is 45.2 Å². The second-order valence-corrected chi connectivity index (χ2v) is 7.67. The van der Waals surface area contributed by atoms with Crippen molar-refractivity contribution in [2.24, 2.45) is 11.8 Å². The van der Waals surface area contributed by atoms with Gasteiger partial charge < -0.3 is 25.4 Å². The Morgan fingerprint density at radius 2 is 2.00 bits per heavy atom. The van der Waals surface area contributed by atoms with Crippen molar-refractivity contribution < 1.29 is 24.2 Å². The molecule has 2 fully saturated rings. The van der Waals surface area contributed by atoms with E-state index in [-0.39, 0.29) is 30.8 Å². The number of carboxylic acid groups (broad SMARTS) is 1. The number of methoxy groups -OCH3 is 1. The van der Waals surface area contributed by atoms with Crippen LogP contribution >= 0.6 is 0 Å². The summed E-state index contributed by atoms with van der Waals surface area (Å²) in [6.07, 6.45) is 5.06. The maximum Gasteiger partial charge on any atom is 0.305 e. The molecule has 2 saturated heterocycles. The number of nitrogens with one attached hydrogen (secondary N) is 2. The second kappa shape index (κ2) is 11.2. The summed E-state index contributed by atoms with van der Waals surface area (Å²) >= 11 is 0. The van der Waals surface area contributed by atoms with E-state index in [1.165, 1.54) is 7.11 Å². The molecule has 0 aromatic carbocycles. The van der Waals surface area contributed by atoms with E-state index in [1.54, 1.807) is 4.90 Å². The summed E-state index contributed by atoms with van der Waals surface area (Å²) in [5.74, 6) is -0.700. The maximum atomic E-state index is 12.6. The molecule has 2 aliphatic heterocycles. The first-order valence-electron chi connectivity index (χ1n) is 9.99. The van der Waals surface area contributed by atoms with E-state index in [4.69, 9.17) is 9.84 Å². The maximum absolute atomic E-state index is 12.6. The Balaban J connectivity index is 1.79. The minimum Gasteiger partial charge on any atom is -0.481 e. The van der Waals surface area contributed by atoms with Gasteiger partial charge in [-0.2, -0.15) is 0 Å². The van der Waals surface area contributed by atoms with E-state index in [1.807, 2.05) is 0 Å². The number of piperidine rings is 2. The molecule has 1 unspecified atom stereocenters. The van der Waals surface area contributed by atoms with Crippen LogP contribution in [0.1, 0.15) is 44.9 Å². The SMILES string of the molecule is COCC(CC(=O)O)NC(=O)[C@@H]1CCCN(C(=O)CCC2CCNCC2)C1. The molecule has 0 saturated carbocycles. The highest BCUT2D eigenvalue weighted by molar-refractivity contribution is 5.82. The fraction of sp³-hybridized carbons (Fsp3) is 0.842. The zero-order valence-electron chi connectivity index (χ0n) is 16.2. The van der Waals surface area contributed by atoms with Crippen LogP contribution in [0.15, 0.2) is 0 Å². The van der Waals surface area contributed by atoms with Gasteiger partial charge in [-0.25, -0.2) is 0 Å². The van der Waals surface area contributed by atoms with Crippen molar-refractivity contribution in [2.75, 3.05) is 39.9 Å². The summed E-state index contributed by atoms with van der Waals surface area (Å²) < 4.78 is 4.99. The van der Waals surface area contributed by atoms with Gasteiger partial charge in [0.05, 0.1) is 25.0 Å². The molecule has 27 heavy (non-hydrogen) atoms. The first kappa shape index (κ1) is 21.6. The van der Waals surface area contributed by atoms with Gasteiger partial charge in [-0.3, -0.25) is 14.4 Å². The zero-order chi connectivity index (χ0) is 19.6. The first-order chi connectivity index (χ1) is 13.0. The van der Waals surface area contributed by atoms with Crippen molar-refractivity contribution >= 4 is 17.8 Å². The normalized spacial score (nSPS) is 22.3. The van der Waals surface area contributed by atoms with Crippen LogP contribution in [0, 0.1) is 11.8 Å². The number of carbonyl (C=O) groups excluding carboxylic acids is 2. The summed E-state index contributed by atoms with van der Waals surface area (Å²) in [6.45, 7) is 3.34. The Bertz CT molecular complexity index is 508. The Kier molecular flexibility index (Phi) is 9.00. The number of rotatable bonds is 9. The Hall–Kier alpha value is -1.67. The molecule has 0 radical (unpaired) electrons. The topological polar surface area (TPSA) is 108 Å². The molecule has 0 spiro atoms. The molecule has 0 aliphatic carbocycles. The molecule has 0 aromatic heterocycles. The van der Waals surface area contributed by atoms with Crippen molar-refractivity contribution in [1.82, 2.24) is 15.5 Å². The third-order valence-electron chi connectivity index (χ3n) is 5.51. The molecule has 0 aromatic rings. The molecular weight excluding hydrogens is 350 g/mol. The van der Waals surface area contributed by atoms with Gasteiger partial charge in [0.25, 0.3) is 0 Å². The third kappa shape index (κ3) is 7.46. The molecule has 2 aliphatic rings. The van der Waals surface area contributed by atoms with Crippen LogP contribution in [-0.2, 0) is 19.1 Å². The van der Waals surface area contributed by atoms with Crippen LogP contribution in [0.5, 0.6) is 0 Å². The molecule has 3 N–H and O–H groups in total. The standard InChI is InChI=1S/C19H33N3O5/c1-27-13-16(11-18(24)25)21-19(26)15-3-2-10-22(12-15)17(23)5-4-14-6-8-20-9-7-14/h14-16,20H,2-13H2,1H3,(H,21,26)(H,24,25)/t15-,16?/m1/s1. The highest BCUT2D eigenvalue weighted by Gasteiger charge is 2.30. The number of hydrogen-bond donors (Lipinski definition) is 3. The number of nitrogens with zero attached hydrogens (tertiary/aromatic N) is 1. The zero-order valence-corrected chi connectivity index (χ0v) is 16.2. The largest absolute Gasteiger partial charge is 0.481 e. The Labute approximate surface area is 161 Å². The first-order valence-corrected chi connectivity index (χ1v) is 9.99. The molecule has 154 valence electrons. The minimum absolute atomic E-state index is 0.130. The summed E-state index contributed by atoms with van der Waals surface area (Å²) in [6, 6.07) is -0.550. The van der Waals surface area contributed by atoms with Crippen LogP contribution in [0.2, 0.25) is 0 Å². The van der Waals surface area contributed by atoms with E-state index in [2.05, 4.69) is 10.6 Å². The highest BCUT2D eigenvalue weighted by Crippen LogP contribution is 2.21. The number of amides is 2. The van der Waals surface area contributed by atoms with Crippen LogP contribution in [-0.4, -0.2) is 73.7 Å². The van der Waals surface area contributed by atoms with Gasteiger partial charge in [0, 0.05) is 26.6 Å². The molecule has 2 amide bonds. The molecule has 2 heterocycles. The van der Waals surface area contributed by atoms with E-state index in [9.17, 15) is 14.4 Å². The number of likely N-dealkylation sites (tertiary alicyclic amines) is 1. The molecular formula is C19H33N3O5. The predicted molar refractivity (Wildman–Crippen MR) is 100 cm³/mol. The van der Waals surface area contributed by atoms with E-state index in [0.29, 0.717) is 25.4 Å². The minimum atomic E-state index is -0.976. The lowest BCUT2D eigenvalue weighted by atomic mass is 9.92. The number of carbonyl (C=O) groups is 3. The van der Waals surface area contributed by atoms with Crippen molar-refractivity contribution in [1.29, 1.82) is 0 Å². The molecule has 2 atom stereocenters. The molecule has 8 nitrogen and oxygen atoms in total. The fourth-order valence-electron chi connectivity index (χ4n) is 3.96. The Morgan fingerprint density at radius 1 is 1.26 bits per heavy atom. The molecule has 8 heteroatoms. The second-order valence-electron chi connectivity index (χ2n) is 7.67. The smallest absolute Gasteiger partial charge is 0.305 e. The van der Waals surface area contributed by atoms with Crippen LogP contribution in [0.3, 0.4) is 0 Å². The van der Waals surface area contributed by atoms with Gasteiger partial charge in [0.15, 0.2) is 0 Å². The van der Waals surface area contributed by atoms with Crippen molar-refractivity contribution in [2.45, 2.75) is 51.0 Å². The van der Waals surface area contributed by atoms with Gasteiger partial charge >= 0.3 is 5.97 Å². The van der Waals surface area contributed by atoms with Crippen molar-refractivity contribution in [3.05, 3.63) is 0 Å². The monoisotopic (exact) mass is 383 g/mol. The highest BCUT2D eigenvalue weighted by atomic mass is 16.5. The van der Waals surface area contributed by atoms with E-state index < -0.39 is 12.0 Å². The summed E-state index contributed by atoms with van der Waals surface area (Å²) in [5.41, 5.74) is 0. The number of aliphatic carboxylic acids is 1. The average molecular weight is 383 g/mol. The van der Waals surface area contributed by atoms with Crippen molar-refractivity contribution in [3.8, 4) is 0 Å². The predicted octanol–water partition coefficient (Wildman–Crippen LogP) is 0.611. The van der Waals surface area contributed by atoms with Crippen LogP contribution in [0.4, 0.5) is 0 Å². The lowest BCUT2D eigenvalue weighted by molar-refractivity contribution is -0.138. The lowest BCUT2D eigenvalue weighted by Crippen LogP contribution is -2.49. The quantitative estimate of drug-likeness (QED) is 0.538. The number of hydrogen-bond acceptors (Lipinski definition) is 5. The Morgan fingerprint density at radius 3 is 2.67 bits per heavy atom. The third-order valence-corrected chi connectivity index (χ3v) is 5.51. The number of ether oxygens (including phenoxy) is 1. The average Bonchev–Trinajstić information content (AvgIpc) is 2.66. The van der Waals surface area contributed by atoms with Gasteiger partial charge in [-0.1, -0.05) is 0 Å². The molecule has 0 bridgehead atoms. The summed E-state index contributed by atoms with van der Waals surface area (Å²) in [5, 5.41) is 15.1. The van der Waals surface area contributed by atoms with Crippen LogP contribution in [0.25, 0.3) is 0 Å². The van der Waals surface area contributed by atoms with Gasteiger partial charge in [-0.05, 0) is 51.1 Å². The number of carboxylic acids is 1. The van der Waals surface area contributed by atoms with Crippen LogP contribution < -0.4 is 10.6 Å². The van der Waals surface area contributed by atoms with Gasteiger partial charge in [0.2, 0.25) is 11.8 Å². The summed E-state index contributed by atoms with van der Waals surface area (Å²) in [7, 11) is 1.48. The van der Waals surface area contributed by atoms with Crippen molar-refractivity contribution in [3.63, 3.8) is 0 Å². The lowest BCUT2D eigenvalue weighted by Gasteiger charge is -2.33. The van der Waals surface area contributed by atoms with E-state index >= 15 is 0 Å². The fourth-order valence-corrected chi connectivity index (χ4v) is 3.96. The van der Waals surface area contributed by atoms with Gasteiger partial charge in [0.1, 0.15) is 0 Å². The molecule has 2 rings (SSSR count). The summed E-state index contributed by atoms with van der Waals surface area (Å²) in [4.78, 5) is 37.8.